The van der Waals surface area contributed by atoms with E-state index < -0.39 is 0 Å². The first kappa shape index (κ1) is 17.6. The van der Waals surface area contributed by atoms with E-state index >= 15 is 0 Å². The molecular weight excluding hydrogens is 282 g/mol. The van der Waals surface area contributed by atoms with Crippen LogP contribution in [0.5, 0.6) is 0 Å². The van der Waals surface area contributed by atoms with Gasteiger partial charge in [0.2, 0.25) is 0 Å². The van der Waals surface area contributed by atoms with Gasteiger partial charge >= 0.3 is 0 Å². The average Bonchev–Trinajstić information content (AvgIpc) is 2.48. The van der Waals surface area contributed by atoms with Gasteiger partial charge in [0.1, 0.15) is 0 Å². The quantitative estimate of drug-likeness (QED) is 0.794. The second kappa shape index (κ2) is 9.49. The summed E-state index contributed by atoms with van der Waals surface area (Å²) in [5.74, 6) is 6.77. The smallest absolute Gasteiger partial charge is 0.251 e. The van der Waals surface area contributed by atoms with E-state index in [9.17, 15) is 4.79 Å². The highest BCUT2D eigenvalue weighted by Gasteiger charge is 2.14. The minimum Gasteiger partial charge on any atom is -0.395 e. The predicted molar refractivity (Wildman–Crippen MR) is 89.7 cm³/mol. The number of hydrogen-bond acceptors (Lipinski definition) is 3. The van der Waals surface area contributed by atoms with Gasteiger partial charge in [-0.25, -0.2) is 0 Å². The molecule has 0 aliphatic carbocycles. The van der Waals surface area contributed by atoms with Gasteiger partial charge < -0.3 is 10.4 Å². The zero-order valence-corrected chi connectivity index (χ0v) is 13.7. The maximum absolute atomic E-state index is 12.4. The van der Waals surface area contributed by atoms with Gasteiger partial charge in [-0.3, -0.25) is 4.79 Å². The van der Waals surface area contributed by atoms with Crippen molar-refractivity contribution in [2.24, 2.45) is 0 Å². The van der Waals surface area contributed by atoms with Gasteiger partial charge in [-0.2, -0.15) is 11.8 Å². The van der Waals surface area contributed by atoms with Gasteiger partial charge in [-0.05, 0) is 37.3 Å². The molecule has 0 aliphatic rings. The lowest BCUT2D eigenvalue weighted by Crippen LogP contribution is -2.36. The number of thioether (sulfide) groups is 1. The molecule has 0 aliphatic heterocycles. The SMILES string of the molecule is CCC(CSC)NC(=O)c1cccc(C#CCCO)c1C. The Morgan fingerprint density at radius 3 is 2.86 bits per heavy atom. The van der Waals surface area contributed by atoms with Crippen LogP contribution in [-0.4, -0.2) is 35.7 Å². The van der Waals surface area contributed by atoms with Crippen molar-refractivity contribution in [1.29, 1.82) is 0 Å². The summed E-state index contributed by atoms with van der Waals surface area (Å²) in [6, 6.07) is 5.76. The largest absolute Gasteiger partial charge is 0.395 e. The number of amides is 1. The highest BCUT2D eigenvalue weighted by Crippen LogP contribution is 2.14. The van der Waals surface area contributed by atoms with Crippen molar-refractivity contribution in [1.82, 2.24) is 5.32 Å². The molecule has 0 bridgehead atoms. The summed E-state index contributed by atoms with van der Waals surface area (Å²) >= 11 is 1.73. The number of aliphatic hydroxyl groups excluding tert-OH is 1. The van der Waals surface area contributed by atoms with Crippen molar-refractivity contribution in [3.8, 4) is 11.8 Å². The molecule has 3 nitrogen and oxygen atoms in total. The summed E-state index contributed by atoms with van der Waals surface area (Å²) in [7, 11) is 0. The van der Waals surface area contributed by atoms with Crippen LogP contribution in [0.2, 0.25) is 0 Å². The van der Waals surface area contributed by atoms with Gasteiger partial charge in [0, 0.05) is 29.3 Å². The Labute approximate surface area is 131 Å². The molecule has 1 atom stereocenters. The number of hydrogen-bond donors (Lipinski definition) is 2. The highest BCUT2D eigenvalue weighted by atomic mass is 32.2. The van der Waals surface area contributed by atoms with Crippen LogP contribution in [0, 0.1) is 18.8 Å². The van der Waals surface area contributed by atoms with Crippen LogP contribution in [0.25, 0.3) is 0 Å². The Kier molecular flexibility index (Phi) is 7.96. The van der Waals surface area contributed by atoms with Crippen LogP contribution in [0.3, 0.4) is 0 Å². The zero-order valence-electron chi connectivity index (χ0n) is 12.9. The van der Waals surface area contributed by atoms with Gasteiger partial charge in [-0.15, -0.1) is 0 Å². The summed E-state index contributed by atoms with van der Waals surface area (Å²) in [4.78, 5) is 12.4. The van der Waals surface area contributed by atoms with Crippen molar-refractivity contribution in [2.45, 2.75) is 32.7 Å². The summed E-state index contributed by atoms with van der Waals surface area (Å²) in [6.45, 7) is 4.04. The Morgan fingerprint density at radius 1 is 1.48 bits per heavy atom. The lowest BCUT2D eigenvalue weighted by molar-refractivity contribution is 0.0939. The minimum atomic E-state index is -0.0424. The molecule has 114 valence electrons. The molecule has 0 saturated heterocycles. The van der Waals surface area contributed by atoms with Crippen molar-refractivity contribution in [2.75, 3.05) is 18.6 Å². The molecule has 1 aromatic rings. The second-order valence-electron chi connectivity index (χ2n) is 4.79. The summed E-state index contributed by atoms with van der Waals surface area (Å²) in [5, 5.41) is 11.8. The van der Waals surface area contributed by atoms with Crippen molar-refractivity contribution in [3.05, 3.63) is 34.9 Å². The zero-order chi connectivity index (χ0) is 15.7. The highest BCUT2D eigenvalue weighted by molar-refractivity contribution is 7.98. The van der Waals surface area contributed by atoms with Crippen LogP contribution in [0.15, 0.2) is 18.2 Å². The van der Waals surface area contributed by atoms with E-state index in [1.807, 2.05) is 31.4 Å². The standard InChI is InChI=1S/C17H23NO2S/c1-4-15(12-21-3)18-17(20)16-10-7-9-14(13(16)2)8-5-6-11-19/h7,9-10,15,19H,4,6,11-12H2,1-3H3,(H,18,20). The number of nitrogens with one attached hydrogen (secondary N) is 1. The monoisotopic (exact) mass is 305 g/mol. The van der Waals surface area contributed by atoms with Gasteiger partial charge in [-0.1, -0.05) is 24.8 Å². The molecule has 0 radical (unpaired) electrons. The third-order valence-electron chi connectivity index (χ3n) is 3.23. The molecule has 1 unspecified atom stereocenters. The molecule has 0 saturated carbocycles. The maximum atomic E-state index is 12.4. The Balaban J connectivity index is 2.90. The molecule has 1 aromatic carbocycles. The molecule has 0 aromatic heterocycles. The third-order valence-corrected chi connectivity index (χ3v) is 3.97. The predicted octanol–water partition coefficient (Wildman–Crippen LogP) is 2.60. The van der Waals surface area contributed by atoms with Gasteiger partial charge in [0.05, 0.1) is 6.61 Å². The minimum absolute atomic E-state index is 0.0424. The number of aliphatic hydroxyl groups is 1. The molecule has 1 amide bonds. The van der Waals surface area contributed by atoms with Crippen molar-refractivity contribution in [3.63, 3.8) is 0 Å². The maximum Gasteiger partial charge on any atom is 0.251 e. The number of carbonyl (C=O) groups excluding carboxylic acids is 1. The van der Waals surface area contributed by atoms with Gasteiger partial charge in [0.25, 0.3) is 5.91 Å². The molecule has 2 N–H and O–H groups in total. The van der Waals surface area contributed by atoms with Crippen LogP contribution < -0.4 is 5.32 Å². The van der Waals surface area contributed by atoms with Crippen LogP contribution in [0.1, 0.15) is 41.3 Å². The van der Waals surface area contributed by atoms with Gasteiger partial charge in [0.15, 0.2) is 0 Å². The molecule has 21 heavy (non-hydrogen) atoms. The third kappa shape index (κ3) is 5.45. The first-order valence-corrected chi connectivity index (χ1v) is 8.52. The van der Waals surface area contributed by atoms with E-state index in [0.717, 1.165) is 23.3 Å². The lowest BCUT2D eigenvalue weighted by atomic mass is 10.0. The van der Waals surface area contributed by atoms with E-state index in [4.69, 9.17) is 5.11 Å². The number of benzene rings is 1. The summed E-state index contributed by atoms with van der Waals surface area (Å²) < 4.78 is 0. The Morgan fingerprint density at radius 2 is 2.24 bits per heavy atom. The first-order chi connectivity index (χ1) is 10.1. The summed E-state index contributed by atoms with van der Waals surface area (Å²) in [5.41, 5.74) is 2.40. The van der Waals surface area contributed by atoms with Crippen LogP contribution in [0.4, 0.5) is 0 Å². The molecule has 1 rings (SSSR count). The van der Waals surface area contributed by atoms with E-state index in [-0.39, 0.29) is 18.6 Å². The van der Waals surface area contributed by atoms with E-state index in [1.54, 1.807) is 11.8 Å². The Bertz CT molecular complexity index is 531. The van der Waals surface area contributed by atoms with E-state index in [1.165, 1.54) is 0 Å². The molecule has 0 heterocycles. The summed E-state index contributed by atoms with van der Waals surface area (Å²) in [6.07, 6.45) is 3.40. The average molecular weight is 305 g/mol. The van der Waals surface area contributed by atoms with Crippen LogP contribution >= 0.6 is 11.8 Å². The fourth-order valence-electron chi connectivity index (χ4n) is 1.96. The molecule has 4 heteroatoms. The normalized spacial score (nSPS) is 11.4. The second-order valence-corrected chi connectivity index (χ2v) is 5.70. The number of rotatable bonds is 6. The number of carbonyl (C=O) groups is 1. The fraction of sp³-hybridized carbons (Fsp3) is 0.471. The van der Waals surface area contributed by atoms with E-state index in [2.05, 4.69) is 24.1 Å². The molecule has 0 fully saturated rings. The fourth-order valence-corrected chi connectivity index (χ4v) is 2.68. The Hall–Kier alpha value is -1.44. The van der Waals surface area contributed by atoms with Crippen molar-refractivity contribution >= 4 is 17.7 Å². The molecule has 0 spiro atoms. The van der Waals surface area contributed by atoms with Crippen LogP contribution in [-0.2, 0) is 0 Å². The first-order valence-electron chi connectivity index (χ1n) is 7.13. The lowest BCUT2D eigenvalue weighted by Gasteiger charge is -2.17. The van der Waals surface area contributed by atoms with E-state index in [0.29, 0.717) is 12.0 Å². The topological polar surface area (TPSA) is 49.3 Å². The van der Waals surface area contributed by atoms with Crippen molar-refractivity contribution < 1.29 is 9.90 Å². The molecular formula is C17H23NO2S.